The van der Waals surface area contributed by atoms with Crippen molar-refractivity contribution >= 4 is 19.7 Å². The van der Waals surface area contributed by atoms with Gasteiger partial charge in [-0.05, 0) is 12.8 Å². The molecule has 1 atom stereocenters. The quantitative estimate of drug-likeness (QED) is 0.479. The molecular weight excluding hydrogens is 220 g/mol. The van der Waals surface area contributed by atoms with Gasteiger partial charge in [0.1, 0.15) is 0 Å². The average molecular weight is 241 g/mol. The van der Waals surface area contributed by atoms with Crippen LogP contribution in [0.4, 0.5) is 0 Å². The Morgan fingerprint density at radius 3 is 2.07 bits per heavy atom. The SMILES string of the molecule is CCCCCCCC(CC)S(=O)(=O)Cl. The molecule has 0 aliphatic heterocycles. The van der Waals surface area contributed by atoms with Crippen LogP contribution in [0.15, 0.2) is 0 Å². The van der Waals surface area contributed by atoms with Crippen LogP contribution in [-0.2, 0) is 9.05 Å². The zero-order chi connectivity index (χ0) is 11.0. The third-order valence-corrected chi connectivity index (χ3v) is 4.60. The molecular formula is C10H21ClO2S. The van der Waals surface area contributed by atoms with Gasteiger partial charge in [-0.3, -0.25) is 0 Å². The second-order valence-electron chi connectivity index (χ2n) is 3.71. The third-order valence-electron chi connectivity index (χ3n) is 2.48. The summed E-state index contributed by atoms with van der Waals surface area (Å²) in [5, 5.41) is -0.342. The molecule has 0 aliphatic rings. The summed E-state index contributed by atoms with van der Waals surface area (Å²) in [6.45, 7) is 4.04. The highest BCUT2D eigenvalue weighted by Gasteiger charge is 2.19. The number of rotatable bonds is 8. The Morgan fingerprint density at radius 2 is 1.64 bits per heavy atom. The lowest BCUT2D eigenvalue weighted by Gasteiger charge is -2.10. The maximum atomic E-state index is 11.0. The molecule has 0 saturated heterocycles. The van der Waals surface area contributed by atoms with E-state index in [1.165, 1.54) is 19.3 Å². The first-order chi connectivity index (χ1) is 6.52. The van der Waals surface area contributed by atoms with E-state index in [0.717, 1.165) is 12.8 Å². The van der Waals surface area contributed by atoms with Crippen LogP contribution >= 0.6 is 10.7 Å². The summed E-state index contributed by atoms with van der Waals surface area (Å²) in [5.41, 5.74) is 0. The van der Waals surface area contributed by atoms with E-state index in [1.54, 1.807) is 0 Å². The Kier molecular flexibility index (Phi) is 7.65. The first kappa shape index (κ1) is 14.2. The Morgan fingerprint density at radius 1 is 1.07 bits per heavy atom. The smallest absolute Gasteiger partial charge is 0.212 e. The molecule has 0 N–H and O–H groups in total. The molecule has 4 heteroatoms. The zero-order valence-electron chi connectivity index (χ0n) is 9.13. The standard InChI is InChI=1S/C10H21ClO2S/c1-3-5-6-7-8-9-10(4-2)14(11,12)13/h10H,3-9H2,1-2H3. The van der Waals surface area contributed by atoms with Gasteiger partial charge in [0.2, 0.25) is 9.05 Å². The number of unbranched alkanes of at least 4 members (excludes halogenated alkanes) is 4. The highest BCUT2D eigenvalue weighted by atomic mass is 35.7. The van der Waals surface area contributed by atoms with E-state index in [2.05, 4.69) is 6.92 Å². The highest BCUT2D eigenvalue weighted by molar-refractivity contribution is 8.14. The van der Waals surface area contributed by atoms with Crippen molar-refractivity contribution in [3.05, 3.63) is 0 Å². The van der Waals surface area contributed by atoms with E-state index in [0.29, 0.717) is 12.8 Å². The van der Waals surface area contributed by atoms with Crippen molar-refractivity contribution in [3.8, 4) is 0 Å². The molecule has 0 radical (unpaired) electrons. The first-order valence-corrected chi connectivity index (χ1v) is 7.83. The zero-order valence-corrected chi connectivity index (χ0v) is 10.7. The van der Waals surface area contributed by atoms with Crippen LogP contribution in [0.2, 0.25) is 0 Å². The van der Waals surface area contributed by atoms with Gasteiger partial charge in [-0.15, -0.1) is 0 Å². The largest absolute Gasteiger partial charge is 0.235 e. The number of hydrogen-bond donors (Lipinski definition) is 0. The van der Waals surface area contributed by atoms with Crippen molar-refractivity contribution in [3.63, 3.8) is 0 Å². The lowest BCUT2D eigenvalue weighted by molar-refractivity contribution is 0.554. The molecule has 0 aliphatic carbocycles. The van der Waals surface area contributed by atoms with Crippen LogP contribution in [0.5, 0.6) is 0 Å². The molecule has 0 saturated carbocycles. The van der Waals surface area contributed by atoms with Crippen LogP contribution < -0.4 is 0 Å². The van der Waals surface area contributed by atoms with E-state index < -0.39 is 9.05 Å². The normalized spacial score (nSPS) is 14.2. The van der Waals surface area contributed by atoms with Gasteiger partial charge in [0.25, 0.3) is 0 Å². The molecule has 0 aromatic rings. The second kappa shape index (κ2) is 7.52. The minimum absolute atomic E-state index is 0.342. The fourth-order valence-corrected chi connectivity index (χ4v) is 3.01. The summed E-state index contributed by atoms with van der Waals surface area (Å²) in [4.78, 5) is 0. The Labute approximate surface area is 92.5 Å². The number of halogens is 1. The molecule has 1 unspecified atom stereocenters. The lowest BCUT2D eigenvalue weighted by Crippen LogP contribution is -2.14. The lowest BCUT2D eigenvalue weighted by atomic mass is 10.1. The molecule has 0 fully saturated rings. The number of hydrogen-bond acceptors (Lipinski definition) is 2. The van der Waals surface area contributed by atoms with Crippen molar-refractivity contribution in [2.45, 2.75) is 64.0 Å². The molecule has 0 aromatic carbocycles. The van der Waals surface area contributed by atoms with Crippen molar-refractivity contribution in [1.82, 2.24) is 0 Å². The minimum Gasteiger partial charge on any atom is -0.212 e. The van der Waals surface area contributed by atoms with Crippen molar-refractivity contribution in [1.29, 1.82) is 0 Å². The first-order valence-electron chi connectivity index (χ1n) is 5.45. The van der Waals surface area contributed by atoms with E-state index in [4.69, 9.17) is 10.7 Å². The van der Waals surface area contributed by atoms with Crippen molar-refractivity contribution in [2.24, 2.45) is 0 Å². The summed E-state index contributed by atoms with van der Waals surface area (Å²) in [6, 6.07) is 0. The molecule has 0 aromatic heterocycles. The van der Waals surface area contributed by atoms with Gasteiger partial charge in [0, 0.05) is 10.7 Å². The summed E-state index contributed by atoms with van der Waals surface area (Å²) in [5.74, 6) is 0. The van der Waals surface area contributed by atoms with E-state index >= 15 is 0 Å². The maximum Gasteiger partial charge on any atom is 0.235 e. The van der Waals surface area contributed by atoms with Gasteiger partial charge in [-0.25, -0.2) is 8.42 Å². The Balaban J connectivity index is 3.65. The Bertz CT molecular complexity index is 224. The maximum absolute atomic E-state index is 11.0. The van der Waals surface area contributed by atoms with Crippen LogP contribution in [0.25, 0.3) is 0 Å². The van der Waals surface area contributed by atoms with Crippen LogP contribution in [0.1, 0.15) is 58.8 Å². The fourth-order valence-electron chi connectivity index (χ4n) is 1.52. The van der Waals surface area contributed by atoms with Gasteiger partial charge >= 0.3 is 0 Å². The van der Waals surface area contributed by atoms with Crippen molar-refractivity contribution < 1.29 is 8.42 Å². The minimum atomic E-state index is -3.34. The van der Waals surface area contributed by atoms with E-state index in [9.17, 15) is 8.42 Å². The third kappa shape index (κ3) is 6.66. The van der Waals surface area contributed by atoms with Gasteiger partial charge < -0.3 is 0 Å². The summed E-state index contributed by atoms with van der Waals surface area (Å²) < 4.78 is 22.1. The Hall–Kier alpha value is 0.240. The predicted octanol–water partition coefficient (Wildman–Crippen LogP) is 3.69. The molecule has 86 valence electrons. The topological polar surface area (TPSA) is 34.1 Å². The molecule has 0 spiro atoms. The van der Waals surface area contributed by atoms with Gasteiger partial charge in [-0.1, -0.05) is 46.0 Å². The monoisotopic (exact) mass is 240 g/mol. The van der Waals surface area contributed by atoms with Crippen molar-refractivity contribution in [2.75, 3.05) is 0 Å². The fraction of sp³-hybridized carbons (Fsp3) is 1.00. The van der Waals surface area contributed by atoms with Gasteiger partial charge in [0.05, 0.1) is 5.25 Å². The highest BCUT2D eigenvalue weighted by Crippen LogP contribution is 2.18. The molecule has 0 heterocycles. The van der Waals surface area contributed by atoms with Crippen LogP contribution in [0.3, 0.4) is 0 Å². The molecule has 14 heavy (non-hydrogen) atoms. The van der Waals surface area contributed by atoms with E-state index in [1.807, 2.05) is 6.92 Å². The molecule has 0 amide bonds. The summed E-state index contributed by atoms with van der Waals surface area (Å²) in [7, 11) is 1.98. The average Bonchev–Trinajstić information content (AvgIpc) is 2.09. The molecule has 2 nitrogen and oxygen atoms in total. The van der Waals surface area contributed by atoms with E-state index in [-0.39, 0.29) is 5.25 Å². The van der Waals surface area contributed by atoms with Gasteiger partial charge in [-0.2, -0.15) is 0 Å². The predicted molar refractivity (Wildman–Crippen MR) is 62.2 cm³/mol. The summed E-state index contributed by atoms with van der Waals surface area (Å²) >= 11 is 0. The molecule has 0 bridgehead atoms. The molecule has 0 rings (SSSR count). The van der Waals surface area contributed by atoms with Crippen LogP contribution in [-0.4, -0.2) is 13.7 Å². The summed E-state index contributed by atoms with van der Waals surface area (Å²) in [6.07, 6.45) is 7.09. The second-order valence-corrected chi connectivity index (χ2v) is 6.62. The van der Waals surface area contributed by atoms with Gasteiger partial charge in [0.15, 0.2) is 0 Å². The van der Waals surface area contributed by atoms with Crippen LogP contribution in [0, 0.1) is 0 Å².